The van der Waals surface area contributed by atoms with Crippen molar-refractivity contribution >= 4 is 0 Å². The Morgan fingerprint density at radius 1 is 1.37 bits per heavy atom. The molecule has 2 rings (SSSR count). The lowest BCUT2D eigenvalue weighted by Gasteiger charge is -2.45. The highest BCUT2D eigenvalue weighted by Gasteiger charge is 2.35. The van der Waals surface area contributed by atoms with Crippen molar-refractivity contribution in [2.75, 3.05) is 26.2 Å². The lowest BCUT2D eigenvalue weighted by Crippen LogP contribution is -2.55. The molecule has 1 aliphatic carbocycles. The molecule has 112 valence electrons. The first kappa shape index (κ1) is 15.3. The average Bonchev–Trinajstić information content (AvgIpc) is 3.07. The van der Waals surface area contributed by atoms with Crippen LogP contribution in [-0.4, -0.2) is 48.8 Å². The van der Waals surface area contributed by atoms with Gasteiger partial charge in [0.2, 0.25) is 0 Å². The van der Waals surface area contributed by atoms with Crippen LogP contribution in [0.2, 0.25) is 0 Å². The highest BCUT2D eigenvalue weighted by Crippen LogP contribution is 2.28. The molecule has 1 saturated heterocycles. The molecule has 1 N–H and O–H groups in total. The molecule has 0 aromatic carbocycles. The van der Waals surface area contributed by atoms with Crippen LogP contribution in [0.15, 0.2) is 0 Å². The van der Waals surface area contributed by atoms with Crippen LogP contribution in [0.4, 0.5) is 0 Å². The first-order valence-electron chi connectivity index (χ1n) is 7.95. The Balaban J connectivity index is 1.88. The maximum atomic E-state index is 6.00. The van der Waals surface area contributed by atoms with Gasteiger partial charge >= 0.3 is 0 Å². The maximum absolute atomic E-state index is 6.00. The third-order valence-corrected chi connectivity index (χ3v) is 4.49. The molecule has 2 atom stereocenters. The zero-order valence-corrected chi connectivity index (χ0v) is 13.5. The molecule has 0 amide bonds. The van der Waals surface area contributed by atoms with E-state index in [4.69, 9.17) is 4.74 Å². The summed E-state index contributed by atoms with van der Waals surface area (Å²) in [4.78, 5) is 2.60. The van der Waals surface area contributed by atoms with Gasteiger partial charge in [-0.25, -0.2) is 0 Å². The first-order chi connectivity index (χ1) is 8.82. The molecule has 3 heteroatoms. The van der Waals surface area contributed by atoms with Gasteiger partial charge in [0.05, 0.1) is 11.7 Å². The molecule has 0 spiro atoms. The molecule has 1 aliphatic heterocycles. The van der Waals surface area contributed by atoms with Gasteiger partial charge in [0.1, 0.15) is 0 Å². The van der Waals surface area contributed by atoms with Crippen molar-refractivity contribution < 1.29 is 4.74 Å². The van der Waals surface area contributed by atoms with E-state index in [0.717, 1.165) is 25.7 Å². The number of rotatable bonds is 6. The fourth-order valence-corrected chi connectivity index (χ4v) is 3.22. The third-order valence-electron chi connectivity index (χ3n) is 4.49. The summed E-state index contributed by atoms with van der Waals surface area (Å²) in [5.74, 6) is 0. The highest BCUT2D eigenvalue weighted by atomic mass is 16.5. The van der Waals surface area contributed by atoms with Gasteiger partial charge in [0, 0.05) is 32.2 Å². The minimum Gasteiger partial charge on any atom is -0.370 e. The predicted octanol–water partition coefficient (Wildman–Crippen LogP) is 2.65. The van der Waals surface area contributed by atoms with E-state index in [1.807, 2.05) is 0 Å². The molecule has 1 heterocycles. The Morgan fingerprint density at radius 3 is 2.58 bits per heavy atom. The maximum Gasteiger partial charge on any atom is 0.0757 e. The smallest absolute Gasteiger partial charge is 0.0757 e. The lowest BCUT2D eigenvalue weighted by molar-refractivity contribution is -0.134. The molecule has 2 aliphatic rings. The van der Waals surface area contributed by atoms with Crippen LogP contribution in [0.5, 0.6) is 0 Å². The van der Waals surface area contributed by atoms with Crippen molar-refractivity contribution in [1.82, 2.24) is 10.2 Å². The zero-order chi connectivity index (χ0) is 14.1. The van der Waals surface area contributed by atoms with Gasteiger partial charge in [0.25, 0.3) is 0 Å². The summed E-state index contributed by atoms with van der Waals surface area (Å²) in [6.07, 6.45) is 4.34. The van der Waals surface area contributed by atoms with Crippen molar-refractivity contribution in [2.24, 2.45) is 5.41 Å². The van der Waals surface area contributed by atoms with E-state index in [0.29, 0.717) is 11.5 Å². The van der Waals surface area contributed by atoms with Crippen LogP contribution >= 0.6 is 0 Å². The Morgan fingerprint density at radius 2 is 2.05 bits per heavy atom. The summed E-state index contributed by atoms with van der Waals surface area (Å²) < 4.78 is 6.00. The van der Waals surface area contributed by atoms with Gasteiger partial charge in [-0.1, -0.05) is 13.8 Å². The molecule has 2 unspecified atom stereocenters. The molecule has 1 saturated carbocycles. The van der Waals surface area contributed by atoms with E-state index in [1.165, 1.54) is 25.8 Å². The molecule has 0 aromatic heterocycles. The average molecular weight is 268 g/mol. The number of ether oxygens (including phenoxy) is 1. The SMILES string of the molecule is CCC(C)(CNC1CC1)CN1CC(C)OC(C)(C)C1. The Labute approximate surface area is 119 Å². The van der Waals surface area contributed by atoms with E-state index in [-0.39, 0.29) is 5.60 Å². The van der Waals surface area contributed by atoms with Crippen molar-refractivity contribution in [3.63, 3.8) is 0 Å². The van der Waals surface area contributed by atoms with E-state index in [9.17, 15) is 0 Å². The second kappa shape index (κ2) is 5.71. The van der Waals surface area contributed by atoms with Crippen molar-refractivity contribution in [3.8, 4) is 0 Å². The predicted molar refractivity (Wildman–Crippen MR) is 80.5 cm³/mol. The van der Waals surface area contributed by atoms with Gasteiger partial charge in [-0.05, 0) is 45.4 Å². The minimum atomic E-state index is -0.00373. The lowest BCUT2D eigenvalue weighted by atomic mass is 9.86. The molecule has 0 bridgehead atoms. The molecular formula is C16H32N2O. The number of hydrogen-bond donors (Lipinski definition) is 1. The third kappa shape index (κ3) is 4.73. The summed E-state index contributed by atoms with van der Waals surface area (Å²) in [6, 6.07) is 0.811. The molecule has 0 aromatic rings. The second-order valence-electron chi connectivity index (χ2n) is 7.68. The van der Waals surface area contributed by atoms with Crippen LogP contribution in [0, 0.1) is 5.41 Å². The molecular weight excluding hydrogens is 236 g/mol. The van der Waals surface area contributed by atoms with Crippen LogP contribution < -0.4 is 5.32 Å². The first-order valence-corrected chi connectivity index (χ1v) is 7.95. The summed E-state index contributed by atoms with van der Waals surface area (Å²) in [7, 11) is 0. The van der Waals surface area contributed by atoms with Gasteiger partial charge in [-0.15, -0.1) is 0 Å². The fourth-order valence-electron chi connectivity index (χ4n) is 3.22. The quantitative estimate of drug-likeness (QED) is 0.801. The molecule has 19 heavy (non-hydrogen) atoms. The topological polar surface area (TPSA) is 24.5 Å². The standard InChI is InChI=1S/C16H32N2O/c1-6-16(5,10-17-14-7-8-14)12-18-9-13(2)19-15(3,4)11-18/h13-14,17H,6-12H2,1-5H3. The van der Waals surface area contributed by atoms with Crippen molar-refractivity contribution in [2.45, 2.75) is 71.6 Å². The van der Waals surface area contributed by atoms with Crippen LogP contribution in [0.3, 0.4) is 0 Å². The molecule has 0 radical (unpaired) electrons. The second-order valence-corrected chi connectivity index (χ2v) is 7.68. The van der Waals surface area contributed by atoms with Gasteiger partial charge in [0.15, 0.2) is 0 Å². The number of morpholine rings is 1. The van der Waals surface area contributed by atoms with E-state index in [1.54, 1.807) is 0 Å². The number of hydrogen-bond acceptors (Lipinski definition) is 3. The summed E-state index contributed by atoms with van der Waals surface area (Å²) in [6.45, 7) is 15.8. The normalized spacial score (nSPS) is 31.1. The Kier molecular flexibility index (Phi) is 4.59. The summed E-state index contributed by atoms with van der Waals surface area (Å²) >= 11 is 0. The fraction of sp³-hybridized carbons (Fsp3) is 1.00. The summed E-state index contributed by atoms with van der Waals surface area (Å²) in [5, 5.41) is 3.71. The minimum absolute atomic E-state index is 0.00373. The molecule has 2 fully saturated rings. The van der Waals surface area contributed by atoms with Crippen LogP contribution in [0.1, 0.15) is 53.9 Å². The Bertz CT molecular complexity index is 301. The van der Waals surface area contributed by atoms with Gasteiger partial charge in [-0.2, -0.15) is 0 Å². The number of nitrogens with one attached hydrogen (secondary N) is 1. The molecule has 3 nitrogen and oxygen atoms in total. The van der Waals surface area contributed by atoms with E-state index >= 15 is 0 Å². The van der Waals surface area contributed by atoms with Gasteiger partial charge in [-0.3, -0.25) is 4.90 Å². The Hall–Kier alpha value is -0.120. The van der Waals surface area contributed by atoms with Crippen molar-refractivity contribution in [1.29, 1.82) is 0 Å². The van der Waals surface area contributed by atoms with Crippen LogP contribution in [-0.2, 0) is 4.74 Å². The summed E-state index contributed by atoms with van der Waals surface area (Å²) in [5.41, 5.74) is 0.381. The highest BCUT2D eigenvalue weighted by molar-refractivity contribution is 4.90. The zero-order valence-electron chi connectivity index (χ0n) is 13.5. The number of nitrogens with zero attached hydrogens (tertiary/aromatic N) is 1. The van der Waals surface area contributed by atoms with Crippen molar-refractivity contribution in [3.05, 3.63) is 0 Å². The largest absolute Gasteiger partial charge is 0.370 e. The van der Waals surface area contributed by atoms with E-state index < -0.39 is 0 Å². The monoisotopic (exact) mass is 268 g/mol. The van der Waals surface area contributed by atoms with Crippen LogP contribution in [0.25, 0.3) is 0 Å². The van der Waals surface area contributed by atoms with E-state index in [2.05, 4.69) is 44.8 Å². The van der Waals surface area contributed by atoms with Gasteiger partial charge < -0.3 is 10.1 Å².